The van der Waals surface area contributed by atoms with Crippen LogP contribution in [-0.2, 0) is 4.79 Å². The number of hydrogen-bond acceptors (Lipinski definition) is 2. The third-order valence-electron chi connectivity index (χ3n) is 5.61. The van der Waals surface area contributed by atoms with Crippen LogP contribution < -0.4 is 4.90 Å². The first-order chi connectivity index (χ1) is 12.6. The van der Waals surface area contributed by atoms with Crippen molar-refractivity contribution in [2.24, 2.45) is 0 Å². The van der Waals surface area contributed by atoms with E-state index >= 15 is 0 Å². The molecule has 4 heteroatoms. The fourth-order valence-electron chi connectivity index (χ4n) is 4.15. The molecule has 0 N–H and O–H groups in total. The molecule has 1 aromatic rings. The van der Waals surface area contributed by atoms with Gasteiger partial charge >= 0.3 is 0 Å². The molecule has 2 amide bonds. The van der Waals surface area contributed by atoms with Crippen molar-refractivity contribution in [3.63, 3.8) is 0 Å². The van der Waals surface area contributed by atoms with E-state index in [1.165, 1.54) is 24.0 Å². The van der Waals surface area contributed by atoms with Crippen LogP contribution in [0.1, 0.15) is 75.2 Å². The Morgan fingerprint density at radius 1 is 1.08 bits per heavy atom. The van der Waals surface area contributed by atoms with Gasteiger partial charge in [-0.2, -0.15) is 0 Å². The zero-order valence-corrected chi connectivity index (χ0v) is 16.3. The van der Waals surface area contributed by atoms with E-state index in [9.17, 15) is 9.59 Å². The first kappa shape index (κ1) is 18.7. The van der Waals surface area contributed by atoms with Gasteiger partial charge in [-0.1, -0.05) is 6.92 Å². The largest absolute Gasteiger partial charge is 0.339 e. The Kier molecular flexibility index (Phi) is 5.80. The number of allylic oxidation sites excluding steroid dienone is 1. The van der Waals surface area contributed by atoms with Crippen LogP contribution in [0.2, 0.25) is 0 Å². The van der Waals surface area contributed by atoms with E-state index in [-0.39, 0.29) is 11.8 Å². The molecule has 1 aliphatic heterocycles. The van der Waals surface area contributed by atoms with E-state index in [0.717, 1.165) is 42.6 Å². The molecule has 0 unspecified atom stereocenters. The van der Waals surface area contributed by atoms with Crippen molar-refractivity contribution in [2.45, 2.75) is 59.3 Å². The second kappa shape index (κ2) is 8.07. The summed E-state index contributed by atoms with van der Waals surface area (Å²) in [4.78, 5) is 29.3. The molecule has 0 aromatic heterocycles. The lowest BCUT2D eigenvalue weighted by Gasteiger charge is -2.35. The number of hydrogen-bond donors (Lipinski definition) is 0. The van der Waals surface area contributed by atoms with Gasteiger partial charge in [0.05, 0.1) is 5.69 Å². The van der Waals surface area contributed by atoms with Gasteiger partial charge in [-0.3, -0.25) is 9.59 Å². The Labute approximate surface area is 156 Å². The van der Waals surface area contributed by atoms with Crippen LogP contribution >= 0.6 is 0 Å². The molecular formula is C22H30N2O2. The van der Waals surface area contributed by atoms with E-state index in [2.05, 4.69) is 0 Å². The standard InChI is InChI=1S/C22H30N2O2/c1-4-9-21(25)24-15-17-10-7-8-11-18(17)19-14-16(12-13-20(19)24)22(26)23(5-2)6-3/h12-14H,4-11,15H2,1-3H3. The summed E-state index contributed by atoms with van der Waals surface area (Å²) in [6.45, 7) is 8.20. The minimum absolute atomic E-state index is 0.0766. The summed E-state index contributed by atoms with van der Waals surface area (Å²) in [6, 6.07) is 5.90. The highest BCUT2D eigenvalue weighted by Gasteiger charge is 2.30. The second-order valence-electron chi connectivity index (χ2n) is 7.23. The Morgan fingerprint density at radius 2 is 1.81 bits per heavy atom. The third-order valence-corrected chi connectivity index (χ3v) is 5.61. The molecule has 1 heterocycles. The van der Waals surface area contributed by atoms with Crippen molar-refractivity contribution >= 4 is 23.1 Å². The molecule has 1 aliphatic carbocycles. The van der Waals surface area contributed by atoms with E-state index in [1.54, 1.807) is 0 Å². The molecule has 0 spiro atoms. The summed E-state index contributed by atoms with van der Waals surface area (Å²) < 4.78 is 0. The number of fused-ring (bicyclic) bond motifs is 2. The van der Waals surface area contributed by atoms with E-state index in [0.29, 0.717) is 19.5 Å². The molecule has 0 radical (unpaired) electrons. The lowest BCUT2D eigenvalue weighted by molar-refractivity contribution is -0.118. The van der Waals surface area contributed by atoms with E-state index in [4.69, 9.17) is 0 Å². The summed E-state index contributed by atoms with van der Waals surface area (Å²) in [7, 11) is 0. The van der Waals surface area contributed by atoms with Crippen molar-refractivity contribution in [3.05, 3.63) is 34.9 Å². The minimum Gasteiger partial charge on any atom is -0.339 e. The van der Waals surface area contributed by atoms with E-state index < -0.39 is 0 Å². The van der Waals surface area contributed by atoms with Crippen LogP contribution in [-0.4, -0.2) is 36.3 Å². The third kappa shape index (κ3) is 3.42. The molecule has 0 bridgehead atoms. The number of carbonyl (C=O) groups is 2. The zero-order chi connectivity index (χ0) is 18.7. The molecule has 2 aliphatic rings. The van der Waals surface area contributed by atoms with E-state index in [1.807, 2.05) is 48.8 Å². The number of benzene rings is 1. The van der Waals surface area contributed by atoms with Crippen LogP contribution in [0.4, 0.5) is 5.69 Å². The maximum absolute atomic E-state index is 12.8. The van der Waals surface area contributed by atoms with Gasteiger partial charge in [-0.05, 0) is 75.3 Å². The Hall–Kier alpha value is -2.10. The number of nitrogens with zero attached hydrogens (tertiary/aromatic N) is 2. The lowest BCUT2D eigenvalue weighted by Crippen LogP contribution is -2.37. The number of carbonyl (C=O) groups excluding carboxylic acids is 2. The average Bonchev–Trinajstić information content (AvgIpc) is 2.68. The van der Waals surface area contributed by atoms with Crippen LogP contribution in [0.5, 0.6) is 0 Å². The highest BCUT2D eigenvalue weighted by Crippen LogP contribution is 2.42. The second-order valence-corrected chi connectivity index (χ2v) is 7.23. The van der Waals surface area contributed by atoms with Crippen molar-refractivity contribution in [1.29, 1.82) is 0 Å². The highest BCUT2D eigenvalue weighted by atomic mass is 16.2. The molecule has 0 saturated heterocycles. The van der Waals surface area contributed by atoms with Gasteiger partial charge in [0.25, 0.3) is 5.91 Å². The Morgan fingerprint density at radius 3 is 2.50 bits per heavy atom. The number of anilines is 1. The van der Waals surface area contributed by atoms with Gasteiger partial charge in [0.1, 0.15) is 0 Å². The fraction of sp³-hybridized carbons (Fsp3) is 0.545. The molecule has 3 rings (SSSR count). The number of amides is 2. The maximum atomic E-state index is 12.8. The first-order valence-electron chi connectivity index (χ1n) is 10.1. The predicted molar refractivity (Wildman–Crippen MR) is 106 cm³/mol. The monoisotopic (exact) mass is 354 g/mol. The molecule has 0 fully saturated rings. The van der Waals surface area contributed by atoms with Gasteiger partial charge in [0, 0.05) is 37.2 Å². The maximum Gasteiger partial charge on any atom is 0.253 e. The van der Waals surface area contributed by atoms with Crippen LogP contribution in [0.15, 0.2) is 23.8 Å². The summed E-state index contributed by atoms with van der Waals surface area (Å²) in [5.74, 6) is 0.265. The molecule has 0 atom stereocenters. The molecule has 4 nitrogen and oxygen atoms in total. The zero-order valence-electron chi connectivity index (χ0n) is 16.3. The normalized spacial score (nSPS) is 16.2. The van der Waals surface area contributed by atoms with Crippen molar-refractivity contribution < 1.29 is 9.59 Å². The van der Waals surface area contributed by atoms with Crippen LogP contribution in [0, 0.1) is 0 Å². The summed E-state index contributed by atoms with van der Waals surface area (Å²) in [6.07, 6.45) is 5.94. The molecule has 1 aromatic carbocycles. The number of rotatable bonds is 5. The van der Waals surface area contributed by atoms with Crippen molar-refractivity contribution in [3.8, 4) is 0 Å². The topological polar surface area (TPSA) is 40.6 Å². The van der Waals surface area contributed by atoms with Gasteiger partial charge in [-0.25, -0.2) is 0 Å². The minimum atomic E-state index is 0.0766. The molecule has 26 heavy (non-hydrogen) atoms. The quantitative estimate of drug-likeness (QED) is 0.773. The smallest absolute Gasteiger partial charge is 0.253 e. The highest BCUT2D eigenvalue weighted by molar-refractivity contribution is 6.02. The first-order valence-corrected chi connectivity index (χ1v) is 10.1. The summed E-state index contributed by atoms with van der Waals surface area (Å²) in [5.41, 5.74) is 5.59. The molecule has 140 valence electrons. The predicted octanol–water partition coefficient (Wildman–Crippen LogP) is 4.64. The van der Waals surface area contributed by atoms with Gasteiger partial charge in [0.15, 0.2) is 0 Å². The fourth-order valence-corrected chi connectivity index (χ4v) is 4.15. The van der Waals surface area contributed by atoms with Crippen molar-refractivity contribution in [1.82, 2.24) is 4.90 Å². The SMILES string of the molecule is CCCC(=O)N1CC2=C(CCCC2)c2cc(C(=O)N(CC)CC)ccc21. The Balaban J connectivity index is 2.04. The lowest BCUT2D eigenvalue weighted by atomic mass is 9.83. The average molecular weight is 354 g/mol. The molecule has 0 saturated carbocycles. The van der Waals surface area contributed by atoms with Gasteiger partial charge < -0.3 is 9.80 Å². The van der Waals surface area contributed by atoms with Crippen molar-refractivity contribution in [2.75, 3.05) is 24.5 Å². The van der Waals surface area contributed by atoms with Gasteiger partial charge in [0.2, 0.25) is 5.91 Å². The van der Waals surface area contributed by atoms with Gasteiger partial charge in [-0.15, -0.1) is 0 Å². The summed E-state index contributed by atoms with van der Waals surface area (Å²) >= 11 is 0. The van der Waals surface area contributed by atoms with Crippen LogP contribution in [0.3, 0.4) is 0 Å². The Bertz CT molecular complexity index is 732. The summed E-state index contributed by atoms with van der Waals surface area (Å²) in [5, 5.41) is 0. The molecular weight excluding hydrogens is 324 g/mol. The van der Waals surface area contributed by atoms with Crippen LogP contribution in [0.25, 0.3) is 5.57 Å².